The summed E-state index contributed by atoms with van der Waals surface area (Å²) in [5.74, 6) is -3.22. The highest BCUT2D eigenvalue weighted by molar-refractivity contribution is 6.12. The van der Waals surface area contributed by atoms with Crippen molar-refractivity contribution in [1.29, 1.82) is 0 Å². The van der Waals surface area contributed by atoms with Gasteiger partial charge in [0.25, 0.3) is 0 Å². The number of hydrogen-bond donors (Lipinski definition) is 2. The van der Waals surface area contributed by atoms with E-state index in [-0.39, 0.29) is 31.6 Å². The number of hydrogen-bond acceptors (Lipinski definition) is 5. The molecule has 0 aromatic heterocycles. The molecule has 0 bridgehead atoms. The maximum atomic E-state index is 12.2. The van der Waals surface area contributed by atoms with E-state index in [0.29, 0.717) is 17.9 Å². The molecule has 108 valence electrons. The molecule has 1 fully saturated rings. The normalized spacial score (nSPS) is 27.4. The molecule has 2 unspecified atom stereocenters. The minimum absolute atomic E-state index is 0.0296. The Hall–Kier alpha value is -1.27. The molecule has 0 aliphatic carbocycles. The predicted molar refractivity (Wildman–Crippen MR) is 66.8 cm³/mol. The van der Waals surface area contributed by atoms with Crippen molar-refractivity contribution < 1.29 is 24.7 Å². The number of carboxylic acids is 1. The molecule has 2 atom stereocenters. The summed E-state index contributed by atoms with van der Waals surface area (Å²) in [7, 11) is 0. The molecule has 1 saturated heterocycles. The molecule has 0 saturated carbocycles. The molecule has 0 spiro atoms. The maximum Gasteiger partial charge on any atom is 0.334 e. The summed E-state index contributed by atoms with van der Waals surface area (Å²) in [5, 5.41) is 19.9. The summed E-state index contributed by atoms with van der Waals surface area (Å²) >= 11 is 0. The number of rotatable bonds is 7. The Morgan fingerprint density at radius 2 is 1.79 bits per heavy atom. The van der Waals surface area contributed by atoms with Crippen LogP contribution in [-0.2, 0) is 14.4 Å². The molecule has 6 nitrogen and oxygen atoms in total. The molecule has 19 heavy (non-hydrogen) atoms. The molecule has 1 aliphatic heterocycles. The Kier molecular flexibility index (Phi) is 5.20. The third kappa shape index (κ3) is 2.55. The molecular weight excluding hydrogens is 250 g/mol. The Morgan fingerprint density at radius 1 is 1.21 bits per heavy atom. The fourth-order valence-corrected chi connectivity index (χ4v) is 2.77. The van der Waals surface area contributed by atoms with Crippen LogP contribution in [0.1, 0.15) is 46.0 Å². The van der Waals surface area contributed by atoms with Crippen molar-refractivity contribution in [3.05, 3.63) is 0 Å². The number of carbonyl (C=O) groups is 3. The topological polar surface area (TPSA) is 94.9 Å². The lowest BCUT2D eigenvalue weighted by molar-refractivity contribution is -0.193. The fourth-order valence-electron chi connectivity index (χ4n) is 2.77. The van der Waals surface area contributed by atoms with Gasteiger partial charge < -0.3 is 10.3 Å². The third-order valence-corrected chi connectivity index (χ3v) is 3.65. The van der Waals surface area contributed by atoms with Crippen LogP contribution in [0, 0.1) is 5.92 Å². The van der Waals surface area contributed by atoms with Crippen LogP contribution in [0.3, 0.4) is 0 Å². The standard InChI is InChI=1S/C13H21NO5/c1-3-5-10(15)9-7-8-14(19)13(9,12(17)18)11(16)6-4-2/h9,19H,3-8H2,1-2H3,(H,17,18). The smallest absolute Gasteiger partial charge is 0.334 e. The van der Waals surface area contributed by atoms with E-state index in [1.165, 1.54) is 0 Å². The summed E-state index contributed by atoms with van der Waals surface area (Å²) in [4.78, 5) is 35.9. The van der Waals surface area contributed by atoms with Gasteiger partial charge >= 0.3 is 5.97 Å². The van der Waals surface area contributed by atoms with Crippen LogP contribution in [0.4, 0.5) is 0 Å². The van der Waals surface area contributed by atoms with E-state index in [4.69, 9.17) is 0 Å². The van der Waals surface area contributed by atoms with Gasteiger partial charge in [-0.2, -0.15) is 5.06 Å². The summed E-state index contributed by atoms with van der Waals surface area (Å²) in [6, 6.07) is 0. The molecule has 0 radical (unpaired) electrons. The SMILES string of the molecule is CCCC(=O)C1CCN(O)C1(C(=O)O)C(=O)CCC. The molecule has 6 heteroatoms. The number of Topliss-reactive ketones (excluding diaryl/α,β-unsaturated/α-hetero) is 2. The number of carbonyl (C=O) groups excluding carboxylic acids is 2. The molecule has 1 heterocycles. The molecule has 1 aliphatic rings. The summed E-state index contributed by atoms with van der Waals surface area (Å²) in [5.41, 5.74) is -2.08. The monoisotopic (exact) mass is 271 g/mol. The molecule has 1 rings (SSSR count). The zero-order valence-electron chi connectivity index (χ0n) is 11.4. The van der Waals surface area contributed by atoms with Gasteiger partial charge in [0.2, 0.25) is 5.54 Å². The highest BCUT2D eigenvalue weighted by Gasteiger charge is 2.61. The highest BCUT2D eigenvalue weighted by atomic mass is 16.5. The number of nitrogens with zero attached hydrogens (tertiary/aromatic N) is 1. The Balaban J connectivity index is 3.19. The number of ketones is 2. The van der Waals surface area contributed by atoms with Crippen LogP contribution >= 0.6 is 0 Å². The number of hydroxylamine groups is 2. The average Bonchev–Trinajstić information content (AvgIpc) is 2.68. The highest BCUT2D eigenvalue weighted by Crippen LogP contribution is 2.37. The first-order chi connectivity index (χ1) is 8.92. The van der Waals surface area contributed by atoms with E-state index in [1.54, 1.807) is 6.92 Å². The quantitative estimate of drug-likeness (QED) is 0.677. The first-order valence-electron chi connectivity index (χ1n) is 6.68. The van der Waals surface area contributed by atoms with E-state index in [0.717, 1.165) is 0 Å². The van der Waals surface area contributed by atoms with E-state index < -0.39 is 23.2 Å². The van der Waals surface area contributed by atoms with Gasteiger partial charge in [0.15, 0.2) is 5.78 Å². The van der Waals surface area contributed by atoms with Crippen molar-refractivity contribution in [2.75, 3.05) is 6.54 Å². The van der Waals surface area contributed by atoms with Gasteiger partial charge in [0.05, 0.1) is 5.92 Å². The Bertz CT molecular complexity index is 381. The molecular formula is C13H21NO5. The second kappa shape index (κ2) is 6.25. The van der Waals surface area contributed by atoms with Gasteiger partial charge in [-0.25, -0.2) is 4.79 Å². The zero-order valence-corrected chi connectivity index (χ0v) is 11.4. The van der Waals surface area contributed by atoms with Gasteiger partial charge in [-0.3, -0.25) is 9.59 Å². The van der Waals surface area contributed by atoms with Crippen LogP contribution in [-0.4, -0.2) is 45.0 Å². The van der Waals surface area contributed by atoms with Gasteiger partial charge in [0.1, 0.15) is 5.78 Å². The maximum absolute atomic E-state index is 12.2. The third-order valence-electron chi connectivity index (χ3n) is 3.65. The predicted octanol–water partition coefficient (Wildman–Crippen LogP) is 1.26. The number of carboxylic acid groups (broad SMARTS) is 1. The number of aliphatic carboxylic acids is 1. The van der Waals surface area contributed by atoms with E-state index in [1.807, 2.05) is 6.92 Å². The van der Waals surface area contributed by atoms with E-state index >= 15 is 0 Å². The van der Waals surface area contributed by atoms with Crippen molar-refractivity contribution in [2.45, 2.75) is 51.5 Å². The van der Waals surface area contributed by atoms with Gasteiger partial charge in [-0.05, 0) is 19.3 Å². The van der Waals surface area contributed by atoms with Gasteiger partial charge in [0, 0.05) is 19.4 Å². The van der Waals surface area contributed by atoms with Crippen molar-refractivity contribution in [3.8, 4) is 0 Å². The van der Waals surface area contributed by atoms with Crippen LogP contribution in [0.5, 0.6) is 0 Å². The molecule has 0 aromatic carbocycles. The van der Waals surface area contributed by atoms with Crippen LogP contribution in [0.25, 0.3) is 0 Å². The lowest BCUT2D eigenvalue weighted by atomic mass is 9.77. The fraction of sp³-hybridized carbons (Fsp3) is 0.769. The molecule has 0 amide bonds. The molecule has 2 N–H and O–H groups in total. The minimum atomic E-state index is -2.08. The largest absolute Gasteiger partial charge is 0.479 e. The minimum Gasteiger partial charge on any atom is -0.479 e. The first kappa shape index (κ1) is 15.8. The van der Waals surface area contributed by atoms with Crippen LogP contribution in [0.15, 0.2) is 0 Å². The van der Waals surface area contributed by atoms with E-state index in [9.17, 15) is 24.7 Å². The molecule has 0 aromatic rings. The average molecular weight is 271 g/mol. The second-order valence-electron chi connectivity index (χ2n) is 4.93. The van der Waals surface area contributed by atoms with Crippen molar-refractivity contribution in [1.82, 2.24) is 5.06 Å². The van der Waals surface area contributed by atoms with E-state index in [2.05, 4.69) is 0 Å². The first-order valence-corrected chi connectivity index (χ1v) is 6.68. The summed E-state index contributed by atoms with van der Waals surface area (Å²) < 4.78 is 0. The summed E-state index contributed by atoms with van der Waals surface area (Å²) in [6.07, 6.45) is 1.55. The van der Waals surface area contributed by atoms with Gasteiger partial charge in [-0.15, -0.1) is 0 Å². The zero-order chi connectivity index (χ0) is 14.6. The van der Waals surface area contributed by atoms with Crippen molar-refractivity contribution in [2.24, 2.45) is 5.92 Å². The Labute approximate surface area is 112 Å². The van der Waals surface area contributed by atoms with Gasteiger partial charge in [-0.1, -0.05) is 13.8 Å². The second-order valence-corrected chi connectivity index (χ2v) is 4.93. The van der Waals surface area contributed by atoms with Crippen molar-refractivity contribution >= 4 is 17.5 Å². The van der Waals surface area contributed by atoms with Crippen molar-refractivity contribution in [3.63, 3.8) is 0 Å². The lowest BCUT2D eigenvalue weighted by Crippen LogP contribution is -2.60. The van der Waals surface area contributed by atoms with Crippen LogP contribution < -0.4 is 0 Å². The Morgan fingerprint density at radius 3 is 2.26 bits per heavy atom. The summed E-state index contributed by atoms with van der Waals surface area (Å²) in [6.45, 7) is 3.61. The lowest BCUT2D eigenvalue weighted by Gasteiger charge is -2.32. The van der Waals surface area contributed by atoms with Crippen LogP contribution in [0.2, 0.25) is 0 Å².